The number of allylic oxidation sites excluding steroid dienone is 8. The summed E-state index contributed by atoms with van der Waals surface area (Å²) in [5, 5.41) is 0. The van der Waals surface area contributed by atoms with Crippen molar-refractivity contribution in [1.29, 1.82) is 0 Å². The van der Waals surface area contributed by atoms with Crippen molar-refractivity contribution < 1.29 is 0 Å². The Balaban J connectivity index is 0.000000146. The van der Waals surface area contributed by atoms with E-state index in [1.54, 1.807) is 0 Å². The van der Waals surface area contributed by atoms with E-state index in [1.165, 1.54) is 83.5 Å². The molecule has 0 amide bonds. The zero-order valence-corrected chi connectivity index (χ0v) is 16.1. The van der Waals surface area contributed by atoms with Gasteiger partial charge in [-0.2, -0.15) is 0 Å². The summed E-state index contributed by atoms with van der Waals surface area (Å²) in [6, 6.07) is 0. The maximum Gasteiger partial charge on any atom is -0.0319 e. The Morgan fingerprint density at radius 2 is 0.720 bits per heavy atom. The summed E-state index contributed by atoms with van der Waals surface area (Å²) in [7, 11) is 0. The maximum atomic E-state index is 2.41. The second-order valence-electron chi connectivity index (χ2n) is 8.73. The largest absolute Gasteiger partial charge is 0.0885 e. The minimum Gasteiger partial charge on any atom is -0.0885 e. The molecule has 0 aromatic heterocycles. The number of rotatable bonds is 0. The second-order valence-corrected chi connectivity index (χ2v) is 8.73. The van der Waals surface area contributed by atoms with Crippen molar-refractivity contribution in [3.05, 3.63) is 48.6 Å². The van der Waals surface area contributed by atoms with Crippen molar-refractivity contribution in [2.45, 2.75) is 83.5 Å². The van der Waals surface area contributed by atoms with Gasteiger partial charge in [0.15, 0.2) is 0 Å². The Hall–Kier alpha value is -1.04. The molecule has 0 saturated heterocycles. The molecule has 0 heterocycles. The van der Waals surface area contributed by atoms with Gasteiger partial charge in [0.05, 0.1) is 0 Å². The van der Waals surface area contributed by atoms with Crippen LogP contribution in [0, 0.1) is 23.7 Å². The van der Waals surface area contributed by atoms with E-state index in [4.69, 9.17) is 0 Å². The van der Waals surface area contributed by atoms with Crippen LogP contribution < -0.4 is 0 Å². The van der Waals surface area contributed by atoms with Gasteiger partial charge in [0.25, 0.3) is 0 Å². The lowest BCUT2D eigenvalue weighted by Gasteiger charge is -2.24. The third kappa shape index (κ3) is 7.00. The minimum atomic E-state index is 0.945. The molecule has 0 spiro atoms. The lowest BCUT2D eigenvalue weighted by Crippen LogP contribution is -2.11. The van der Waals surface area contributed by atoms with E-state index in [-0.39, 0.29) is 0 Å². The third-order valence-electron chi connectivity index (χ3n) is 6.62. The van der Waals surface area contributed by atoms with Crippen molar-refractivity contribution in [2.75, 3.05) is 0 Å². The molecular weight excluding hydrogens is 300 g/mol. The van der Waals surface area contributed by atoms with Gasteiger partial charge in [0.1, 0.15) is 0 Å². The van der Waals surface area contributed by atoms with Crippen molar-refractivity contribution in [2.24, 2.45) is 23.7 Å². The van der Waals surface area contributed by atoms with Crippen LogP contribution in [0.3, 0.4) is 0 Å². The lowest BCUT2D eigenvalue weighted by atomic mass is 9.81. The number of fused-ring (bicyclic) bond motifs is 5. The molecule has 4 aliphatic rings. The highest BCUT2D eigenvalue weighted by molar-refractivity contribution is 4.97. The molecule has 0 heteroatoms. The van der Waals surface area contributed by atoms with Crippen LogP contribution in [0.1, 0.15) is 83.5 Å². The van der Waals surface area contributed by atoms with E-state index in [1.807, 2.05) is 0 Å². The van der Waals surface area contributed by atoms with Gasteiger partial charge in [0, 0.05) is 0 Å². The molecule has 0 saturated carbocycles. The molecule has 4 unspecified atom stereocenters. The third-order valence-corrected chi connectivity index (χ3v) is 6.62. The molecule has 0 aromatic carbocycles. The highest BCUT2D eigenvalue weighted by atomic mass is 14.2. The summed E-state index contributed by atoms with van der Waals surface area (Å²) in [5.41, 5.74) is 0. The summed E-state index contributed by atoms with van der Waals surface area (Å²) in [5.74, 6) is 3.85. The summed E-state index contributed by atoms with van der Waals surface area (Å²) in [6.07, 6.45) is 37.0. The zero-order valence-electron chi connectivity index (χ0n) is 16.1. The standard InChI is InChI=1S/C13H20.C12H18/c1-3-7-12-9-5-2-6-10-13(11-12)8-4-1;1-2-6-12-8-4-3-7-11(5-1)9-10-12/h1-3,6,12-13H,4-5,7-11H2;1-4,11-12H,5-10H2/b3-1-,6-2?;2-1-,4-3?. The van der Waals surface area contributed by atoms with Gasteiger partial charge >= 0.3 is 0 Å². The normalized spacial score (nSPS) is 37.4. The van der Waals surface area contributed by atoms with E-state index < -0.39 is 0 Å². The quantitative estimate of drug-likeness (QED) is 0.395. The molecule has 0 radical (unpaired) electrons. The van der Waals surface area contributed by atoms with Crippen LogP contribution in [0.25, 0.3) is 0 Å². The predicted molar refractivity (Wildman–Crippen MR) is 111 cm³/mol. The molecule has 138 valence electrons. The summed E-state index contributed by atoms with van der Waals surface area (Å²) in [6.45, 7) is 0. The van der Waals surface area contributed by atoms with Crippen molar-refractivity contribution in [3.8, 4) is 0 Å². The van der Waals surface area contributed by atoms with Crippen LogP contribution in [0.5, 0.6) is 0 Å². The predicted octanol–water partition coefficient (Wildman–Crippen LogP) is 7.79. The maximum absolute atomic E-state index is 2.41. The molecule has 4 atom stereocenters. The fourth-order valence-corrected chi connectivity index (χ4v) is 4.90. The molecule has 0 N–H and O–H groups in total. The van der Waals surface area contributed by atoms with Gasteiger partial charge in [-0.05, 0) is 107 Å². The van der Waals surface area contributed by atoms with Crippen LogP contribution in [-0.2, 0) is 0 Å². The van der Waals surface area contributed by atoms with Gasteiger partial charge in [-0.3, -0.25) is 0 Å². The molecule has 25 heavy (non-hydrogen) atoms. The lowest BCUT2D eigenvalue weighted by molar-refractivity contribution is 0.331. The van der Waals surface area contributed by atoms with Crippen molar-refractivity contribution in [1.82, 2.24) is 0 Å². The molecule has 4 aliphatic carbocycles. The van der Waals surface area contributed by atoms with Gasteiger partial charge in [0.2, 0.25) is 0 Å². The summed E-state index contributed by atoms with van der Waals surface area (Å²) < 4.78 is 0. The minimum absolute atomic E-state index is 0.945. The molecule has 0 fully saturated rings. The van der Waals surface area contributed by atoms with Crippen LogP contribution in [-0.4, -0.2) is 0 Å². The fraction of sp³-hybridized carbons (Fsp3) is 0.680. The van der Waals surface area contributed by atoms with Crippen LogP contribution in [0.4, 0.5) is 0 Å². The number of hydrogen-bond donors (Lipinski definition) is 0. The van der Waals surface area contributed by atoms with Crippen LogP contribution >= 0.6 is 0 Å². The Morgan fingerprint density at radius 1 is 0.360 bits per heavy atom. The first kappa shape index (κ1) is 18.7. The average molecular weight is 339 g/mol. The zero-order chi connectivity index (χ0) is 17.2. The molecule has 0 aliphatic heterocycles. The first-order chi connectivity index (χ1) is 12.4. The SMILES string of the molecule is C1=CCC2C/C=C\CC(C1)CC2.C1=CCC2CC/C=C\CC(CC1)C2. The van der Waals surface area contributed by atoms with Crippen LogP contribution in [0.15, 0.2) is 48.6 Å². The highest BCUT2D eigenvalue weighted by Crippen LogP contribution is 2.31. The molecule has 4 rings (SSSR count). The Bertz CT molecular complexity index is 418. The van der Waals surface area contributed by atoms with Crippen LogP contribution in [0.2, 0.25) is 0 Å². The molecule has 4 bridgehead atoms. The fourth-order valence-electron chi connectivity index (χ4n) is 4.90. The van der Waals surface area contributed by atoms with E-state index in [0.29, 0.717) is 0 Å². The highest BCUT2D eigenvalue weighted by Gasteiger charge is 2.17. The Morgan fingerprint density at radius 3 is 1.16 bits per heavy atom. The Kier molecular flexibility index (Phi) is 8.13. The second kappa shape index (κ2) is 10.8. The van der Waals surface area contributed by atoms with Gasteiger partial charge in [-0.1, -0.05) is 48.6 Å². The van der Waals surface area contributed by atoms with E-state index in [9.17, 15) is 0 Å². The first-order valence-electron chi connectivity index (χ1n) is 11.0. The summed E-state index contributed by atoms with van der Waals surface area (Å²) in [4.78, 5) is 0. The van der Waals surface area contributed by atoms with E-state index in [2.05, 4.69) is 48.6 Å². The topological polar surface area (TPSA) is 0 Å². The van der Waals surface area contributed by atoms with Crippen molar-refractivity contribution in [3.63, 3.8) is 0 Å². The van der Waals surface area contributed by atoms with E-state index in [0.717, 1.165) is 23.7 Å². The monoisotopic (exact) mass is 338 g/mol. The van der Waals surface area contributed by atoms with Gasteiger partial charge in [-0.15, -0.1) is 0 Å². The summed E-state index contributed by atoms with van der Waals surface area (Å²) >= 11 is 0. The average Bonchev–Trinajstić information content (AvgIpc) is 2.53. The first-order valence-corrected chi connectivity index (χ1v) is 11.0. The van der Waals surface area contributed by atoms with Gasteiger partial charge < -0.3 is 0 Å². The molecule has 0 nitrogen and oxygen atoms in total. The molecule has 0 aromatic rings. The Labute approximate surface area is 156 Å². The van der Waals surface area contributed by atoms with Gasteiger partial charge in [-0.25, -0.2) is 0 Å². The van der Waals surface area contributed by atoms with E-state index >= 15 is 0 Å². The smallest absolute Gasteiger partial charge is 0.0319 e. The van der Waals surface area contributed by atoms with Crippen molar-refractivity contribution >= 4 is 0 Å². The number of hydrogen-bond acceptors (Lipinski definition) is 0. The molecular formula is C25H38.